The quantitative estimate of drug-likeness (QED) is 0.318. The molecule has 2 aromatic rings. The fourth-order valence-electron chi connectivity index (χ4n) is 6.97. The topological polar surface area (TPSA) is 179 Å². The minimum absolute atomic E-state index is 0.0715. The predicted molar refractivity (Wildman–Crippen MR) is 168 cm³/mol. The number of methoxy groups -OCH3 is 7. The first-order valence-corrected chi connectivity index (χ1v) is 15.4. The molecule has 0 saturated carbocycles. The first-order chi connectivity index (χ1) is 22.9. The van der Waals surface area contributed by atoms with Gasteiger partial charge in [-0.05, 0) is 35.6 Å². The Morgan fingerprint density at radius 3 is 1.88 bits per heavy atom. The largest absolute Gasteiger partial charge is 0.493 e. The summed E-state index contributed by atoms with van der Waals surface area (Å²) in [5.41, 5.74) is 0.515. The second-order valence-corrected chi connectivity index (χ2v) is 11.9. The highest BCUT2D eigenvalue weighted by Gasteiger charge is 2.56. The third-order valence-corrected chi connectivity index (χ3v) is 9.91. The molecule has 1 aromatic heterocycles. The van der Waals surface area contributed by atoms with Crippen LogP contribution in [0.15, 0.2) is 22.8 Å². The highest BCUT2D eigenvalue weighted by atomic mass is 32.1. The number of rotatable bonds is 8. The van der Waals surface area contributed by atoms with Crippen LogP contribution in [-0.2, 0) is 39.8 Å². The van der Waals surface area contributed by atoms with Gasteiger partial charge in [-0.25, -0.2) is 19.2 Å². The summed E-state index contributed by atoms with van der Waals surface area (Å²) in [6.07, 6.45) is 0.542. The molecule has 4 aliphatic rings. The van der Waals surface area contributed by atoms with Crippen molar-refractivity contribution in [3.8, 4) is 17.2 Å². The number of allylic oxidation sites excluding steroid dienone is 1. The maximum absolute atomic E-state index is 14.9. The van der Waals surface area contributed by atoms with Gasteiger partial charge in [0.2, 0.25) is 11.7 Å². The zero-order chi connectivity index (χ0) is 35.2. The summed E-state index contributed by atoms with van der Waals surface area (Å²) in [6, 6.07) is 0.855. The van der Waals surface area contributed by atoms with Gasteiger partial charge in [0.1, 0.15) is 4.88 Å². The van der Waals surface area contributed by atoms with E-state index in [1.807, 2.05) is 0 Å². The van der Waals surface area contributed by atoms with Crippen LogP contribution in [0.25, 0.3) is 5.57 Å². The number of carbonyl (C=O) groups is 6. The summed E-state index contributed by atoms with van der Waals surface area (Å²) in [5.74, 6) is -7.37. The van der Waals surface area contributed by atoms with E-state index in [-0.39, 0.29) is 61.1 Å². The molecule has 15 heteroatoms. The molecule has 0 unspecified atom stereocenters. The number of amides is 1. The number of hydrogen-bond donors (Lipinski definition) is 1. The monoisotopic (exact) mass is 683 g/mol. The van der Waals surface area contributed by atoms with Gasteiger partial charge < -0.3 is 38.5 Å². The lowest BCUT2D eigenvalue weighted by molar-refractivity contribution is -0.139. The van der Waals surface area contributed by atoms with Crippen molar-refractivity contribution in [2.45, 2.75) is 31.7 Å². The number of nitrogens with one attached hydrogen (secondary N) is 1. The summed E-state index contributed by atoms with van der Waals surface area (Å²) < 4.78 is 37.7. The number of carbonyl (C=O) groups excluding carboxylic acids is 6. The summed E-state index contributed by atoms with van der Waals surface area (Å²) in [4.78, 5) is 81.7. The molecule has 1 aromatic carbocycles. The lowest BCUT2D eigenvalue weighted by Crippen LogP contribution is -2.42. The van der Waals surface area contributed by atoms with Crippen molar-refractivity contribution < 1.29 is 61.9 Å². The molecule has 0 fully saturated rings. The van der Waals surface area contributed by atoms with Gasteiger partial charge in [-0.2, -0.15) is 0 Å². The van der Waals surface area contributed by atoms with Crippen LogP contribution in [0.2, 0.25) is 0 Å². The van der Waals surface area contributed by atoms with Gasteiger partial charge >= 0.3 is 23.9 Å². The SMILES string of the molecule is COC(=O)C1=C(C(=O)OC)[C@@H]2C3=C([C@H]1C(=O)c1sc(C(=O)OC)c(C(=O)OC)c12)[C@@H](NC(C)=O)CCc1cc(OC)c(OC)c(OC)c13. The van der Waals surface area contributed by atoms with Crippen molar-refractivity contribution >= 4 is 52.5 Å². The minimum Gasteiger partial charge on any atom is -0.493 e. The first-order valence-electron chi connectivity index (χ1n) is 14.6. The van der Waals surface area contributed by atoms with Crippen molar-refractivity contribution in [3.63, 3.8) is 0 Å². The maximum atomic E-state index is 14.9. The van der Waals surface area contributed by atoms with E-state index >= 15 is 0 Å². The lowest BCUT2D eigenvalue weighted by atomic mass is 9.67. The van der Waals surface area contributed by atoms with Crippen LogP contribution in [0.5, 0.6) is 17.2 Å². The van der Waals surface area contributed by atoms with Gasteiger partial charge in [-0.1, -0.05) is 0 Å². The van der Waals surface area contributed by atoms with Crippen molar-refractivity contribution in [3.05, 3.63) is 54.8 Å². The molecule has 1 amide bonds. The molecule has 0 radical (unpaired) electrons. The molecule has 14 nitrogen and oxygen atoms in total. The van der Waals surface area contributed by atoms with Crippen LogP contribution in [0, 0.1) is 5.92 Å². The number of aryl methyl sites for hydroxylation is 1. The summed E-state index contributed by atoms with van der Waals surface area (Å²) in [7, 11) is 8.67. The van der Waals surface area contributed by atoms with Crippen LogP contribution in [0.4, 0.5) is 0 Å². The fourth-order valence-corrected chi connectivity index (χ4v) is 8.19. The molecule has 0 saturated heterocycles. The number of Topliss-reactive ketones (excluding diaryl/α,β-unsaturated/α-hetero) is 1. The van der Waals surface area contributed by atoms with Crippen molar-refractivity contribution in [2.24, 2.45) is 5.92 Å². The third kappa shape index (κ3) is 5.00. The summed E-state index contributed by atoms with van der Waals surface area (Å²) in [6.45, 7) is 1.31. The molecule has 4 aliphatic carbocycles. The molecule has 1 N–H and O–H groups in total. The summed E-state index contributed by atoms with van der Waals surface area (Å²) in [5, 5.41) is 2.92. The lowest BCUT2D eigenvalue weighted by Gasteiger charge is -2.36. The Balaban J connectivity index is 2.10. The number of esters is 4. The zero-order valence-corrected chi connectivity index (χ0v) is 28.3. The van der Waals surface area contributed by atoms with E-state index in [2.05, 4.69) is 5.32 Å². The van der Waals surface area contributed by atoms with E-state index in [4.69, 9.17) is 33.2 Å². The van der Waals surface area contributed by atoms with Gasteiger partial charge in [0, 0.05) is 24.0 Å². The Morgan fingerprint density at radius 1 is 0.771 bits per heavy atom. The Bertz CT molecular complexity index is 1850. The molecular weight excluding hydrogens is 650 g/mol. The molecule has 3 atom stereocenters. The van der Waals surface area contributed by atoms with E-state index < -0.39 is 53.4 Å². The number of thiophene rings is 1. The normalized spacial score (nSPS) is 19.2. The molecule has 2 bridgehead atoms. The van der Waals surface area contributed by atoms with Gasteiger partial charge in [-0.3, -0.25) is 9.59 Å². The molecular formula is C33H33NO13S. The van der Waals surface area contributed by atoms with E-state index in [0.717, 1.165) is 28.4 Å². The molecule has 48 heavy (non-hydrogen) atoms. The van der Waals surface area contributed by atoms with Gasteiger partial charge in [0.15, 0.2) is 17.3 Å². The smallest absolute Gasteiger partial charge is 0.348 e. The Hall–Kier alpha value is -5.18. The Labute approximate surface area is 278 Å². The van der Waals surface area contributed by atoms with E-state index in [1.54, 1.807) is 6.07 Å². The Morgan fingerprint density at radius 2 is 1.35 bits per heavy atom. The predicted octanol–water partition coefficient (Wildman–Crippen LogP) is 2.80. The maximum Gasteiger partial charge on any atom is 0.348 e. The molecule has 254 valence electrons. The van der Waals surface area contributed by atoms with Crippen molar-refractivity contribution in [1.82, 2.24) is 5.32 Å². The molecule has 6 rings (SSSR count). The van der Waals surface area contributed by atoms with E-state index in [9.17, 15) is 28.8 Å². The second kappa shape index (κ2) is 13.1. The minimum atomic E-state index is -1.53. The third-order valence-electron chi connectivity index (χ3n) is 8.71. The average molecular weight is 684 g/mol. The number of ketones is 1. The van der Waals surface area contributed by atoms with E-state index in [1.165, 1.54) is 28.3 Å². The van der Waals surface area contributed by atoms with Gasteiger partial charge in [-0.15, -0.1) is 11.3 Å². The number of hydrogen-bond acceptors (Lipinski definition) is 14. The standard InChI is InChI=1S/C33H33NO13S/c1-12(35)34-14-10-9-13-11-15(41-2)26(42-3)27(43-4)16(13)18-17(14)20-23(31(38)45-6)22(30(37)44-5)19(18)21-24(32(39)46-7)29(33(40)47-8)48-28(21)25(20)36/h11,14,19-20H,9-10H2,1-8H3,(H,34,35)/t14-,19+,20+/m0/s1. The molecule has 0 aliphatic heterocycles. The van der Waals surface area contributed by atoms with Gasteiger partial charge in [0.25, 0.3) is 0 Å². The van der Waals surface area contributed by atoms with Crippen molar-refractivity contribution in [2.75, 3.05) is 49.8 Å². The van der Waals surface area contributed by atoms with Crippen LogP contribution in [0.3, 0.4) is 0 Å². The van der Waals surface area contributed by atoms with Crippen molar-refractivity contribution in [1.29, 1.82) is 0 Å². The number of benzene rings is 1. The first kappa shape index (κ1) is 34.2. The highest BCUT2D eigenvalue weighted by Crippen LogP contribution is 2.61. The fraction of sp³-hybridized carbons (Fsp3) is 0.394. The Kier molecular flexibility index (Phi) is 9.35. The molecule has 1 heterocycles. The average Bonchev–Trinajstić information content (AvgIpc) is 3.32. The number of ether oxygens (including phenoxy) is 7. The van der Waals surface area contributed by atoms with Gasteiger partial charge in [0.05, 0.1) is 83.3 Å². The second-order valence-electron chi connectivity index (χ2n) is 10.9. The zero-order valence-electron chi connectivity index (χ0n) is 27.4. The summed E-state index contributed by atoms with van der Waals surface area (Å²) >= 11 is 0.675. The highest BCUT2D eigenvalue weighted by molar-refractivity contribution is 7.16. The number of fused-ring (bicyclic) bond motifs is 1. The van der Waals surface area contributed by atoms with Crippen LogP contribution >= 0.6 is 11.3 Å². The van der Waals surface area contributed by atoms with Crippen LogP contribution in [-0.4, -0.2) is 91.4 Å². The molecule has 0 spiro atoms. The van der Waals surface area contributed by atoms with E-state index in [0.29, 0.717) is 34.6 Å². The van der Waals surface area contributed by atoms with Crippen LogP contribution in [0.1, 0.15) is 65.7 Å². The van der Waals surface area contributed by atoms with Crippen LogP contribution < -0.4 is 19.5 Å².